The highest BCUT2D eigenvalue weighted by molar-refractivity contribution is 6.75. The van der Waals surface area contributed by atoms with E-state index in [4.69, 9.17) is 0 Å². The number of hydrogen-bond acceptors (Lipinski definition) is 3. The van der Waals surface area contributed by atoms with Crippen molar-refractivity contribution in [1.82, 2.24) is 15.6 Å². The van der Waals surface area contributed by atoms with E-state index in [2.05, 4.69) is 84.1 Å². The standard InChI is InChI=1S/C18H41N3Si/c1-14-11-15(2)20-18(7,8)13-22(9,10)21-17(5,6)12-16(3,4)19-14/h14-15,19-21H,11-13H2,1-10H3. The van der Waals surface area contributed by atoms with E-state index in [1.807, 2.05) is 0 Å². The van der Waals surface area contributed by atoms with Gasteiger partial charge in [0.1, 0.15) is 8.24 Å². The van der Waals surface area contributed by atoms with Crippen molar-refractivity contribution < 1.29 is 0 Å². The molecule has 22 heavy (non-hydrogen) atoms. The minimum atomic E-state index is -1.49. The summed E-state index contributed by atoms with van der Waals surface area (Å²) in [6, 6.07) is 2.30. The Morgan fingerprint density at radius 1 is 0.773 bits per heavy atom. The first kappa shape index (κ1) is 20.1. The molecule has 0 spiro atoms. The predicted molar refractivity (Wildman–Crippen MR) is 102 cm³/mol. The maximum absolute atomic E-state index is 4.05. The fourth-order valence-electron chi connectivity index (χ4n) is 5.30. The van der Waals surface area contributed by atoms with Crippen molar-refractivity contribution in [3.8, 4) is 0 Å². The molecule has 0 aromatic heterocycles. The third-order valence-corrected chi connectivity index (χ3v) is 7.55. The summed E-state index contributed by atoms with van der Waals surface area (Å²) >= 11 is 0. The number of rotatable bonds is 0. The van der Waals surface area contributed by atoms with E-state index in [1.165, 1.54) is 12.5 Å². The second kappa shape index (κ2) is 6.54. The molecule has 1 saturated heterocycles. The zero-order valence-corrected chi connectivity index (χ0v) is 17.8. The summed E-state index contributed by atoms with van der Waals surface area (Å²) in [5.41, 5.74) is 0.494. The molecule has 3 nitrogen and oxygen atoms in total. The van der Waals surface area contributed by atoms with Gasteiger partial charge in [-0.2, -0.15) is 0 Å². The molecule has 1 aliphatic heterocycles. The van der Waals surface area contributed by atoms with E-state index in [1.54, 1.807) is 0 Å². The lowest BCUT2D eigenvalue weighted by Gasteiger charge is -2.46. The SMILES string of the molecule is CC1CC(C)NC(C)(C)C[Si](C)(C)NC(C)(C)CC(C)(C)N1. The van der Waals surface area contributed by atoms with E-state index in [0.717, 1.165) is 6.42 Å². The Morgan fingerprint density at radius 2 is 1.23 bits per heavy atom. The average molecular weight is 328 g/mol. The summed E-state index contributed by atoms with van der Waals surface area (Å²) in [4.78, 5) is 4.05. The molecule has 4 heteroatoms. The van der Waals surface area contributed by atoms with Gasteiger partial charge in [0.2, 0.25) is 0 Å². The van der Waals surface area contributed by atoms with Crippen molar-refractivity contribution in [3.63, 3.8) is 0 Å². The van der Waals surface area contributed by atoms with Crippen LogP contribution in [0.4, 0.5) is 0 Å². The van der Waals surface area contributed by atoms with Crippen LogP contribution >= 0.6 is 0 Å². The lowest BCUT2D eigenvalue weighted by Crippen LogP contribution is -2.64. The lowest BCUT2D eigenvalue weighted by molar-refractivity contribution is 0.231. The molecule has 3 N–H and O–H groups in total. The third kappa shape index (κ3) is 7.11. The van der Waals surface area contributed by atoms with Gasteiger partial charge in [0.05, 0.1) is 0 Å². The molecule has 0 aromatic rings. The fourth-order valence-corrected chi connectivity index (χ4v) is 9.62. The Morgan fingerprint density at radius 3 is 1.73 bits per heavy atom. The van der Waals surface area contributed by atoms with Crippen molar-refractivity contribution in [2.45, 2.75) is 116 Å². The maximum Gasteiger partial charge on any atom is 0.121 e. The minimum absolute atomic E-state index is 0.148. The lowest BCUT2D eigenvalue weighted by atomic mass is 9.86. The van der Waals surface area contributed by atoms with E-state index < -0.39 is 8.24 Å². The molecule has 2 unspecified atom stereocenters. The molecule has 0 amide bonds. The minimum Gasteiger partial charge on any atom is -0.332 e. The molecule has 0 aliphatic carbocycles. The second-order valence-corrected chi connectivity index (χ2v) is 14.7. The third-order valence-electron chi connectivity index (χ3n) is 4.43. The first-order valence-corrected chi connectivity index (χ1v) is 12.2. The van der Waals surface area contributed by atoms with Gasteiger partial charge >= 0.3 is 0 Å². The van der Waals surface area contributed by atoms with Gasteiger partial charge in [-0.05, 0) is 74.3 Å². The van der Waals surface area contributed by atoms with E-state index in [-0.39, 0.29) is 16.6 Å². The van der Waals surface area contributed by atoms with E-state index in [9.17, 15) is 0 Å². The van der Waals surface area contributed by atoms with Crippen molar-refractivity contribution in [1.29, 1.82) is 0 Å². The van der Waals surface area contributed by atoms with Crippen LogP contribution in [0.3, 0.4) is 0 Å². The van der Waals surface area contributed by atoms with Crippen LogP contribution in [0.15, 0.2) is 0 Å². The van der Waals surface area contributed by atoms with Gasteiger partial charge in [-0.15, -0.1) is 0 Å². The summed E-state index contributed by atoms with van der Waals surface area (Å²) in [6.45, 7) is 23.7. The van der Waals surface area contributed by atoms with Crippen LogP contribution in [0.2, 0.25) is 19.1 Å². The van der Waals surface area contributed by atoms with Gasteiger partial charge in [0.25, 0.3) is 0 Å². The molecular weight excluding hydrogens is 286 g/mol. The molecule has 132 valence electrons. The maximum atomic E-state index is 4.05. The Kier molecular flexibility index (Phi) is 5.99. The zero-order valence-electron chi connectivity index (χ0n) is 16.8. The normalized spacial score (nSPS) is 35.2. The summed E-state index contributed by atoms with van der Waals surface area (Å²) in [6.07, 6.45) is 2.31. The van der Waals surface area contributed by atoms with Gasteiger partial charge in [-0.1, -0.05) is 13.1 Å². The molecule has 0 aromatic carbocycles. The highest BCUT2D eigenvalue weighted by Gasteiger charge is 2.38. The molecule has 1 aliphatic rings. The van der Waals surface area contributed by atoms with Crippen LogP contribution in [0.5, 0.6) is 0 Å². The summed E-state index contributed by atoms with van der Waals surface area (Å²) < 4.78 is 0. The highest BCUT2D eigenvalue weighted by Crippen LogP contribution is 2.27. The first-order valence-electron chi connectivity index (χ1n) is 8.96. The van der Waals surface area contributed by atoms with Gasteiger partial charge < -0.3 is 15.6 Å². The molecule has 0 bridgehead atoms. The monoisotopic (exact) mass is 327 g/mol. The summed E-state index contributed by atoms with van der Waals surface area (Å²) in [5, 5.41) is 7.72. The van der Waals surface area contributed by atoms with Crippen molar-refractivity contribution >= 4 is 8.24 Å². The smallest absolute Gasteiger partial charge is 0.121 e. The zero-order chi connectivity index (χ0) is 17.4. The number of hydrogen-bond donors (Lipinski definition) is 3. The van der Waals surface area contributed by atoms with Crippen LogP contribution in [0.25, 0.3) is 0 Å². The van der Waals surface area contributed by atoms with Crippen molar-refractivity contribution in [2.75, 3.05) is 0 Å². The van der Waals surface area contributed by atoms with E-state index in [0.29, 0.717) is 12.1 Å². The van der Waals surface area contributed by atoms with Crippen LogP contribution in [-0.2, 0) is 0 Å². The van der Waals surface area contributed by atoms with E-state index >= 15 is 0 Å². The summed E-state index contributed by atoms with van der Waals surface area (Å²) in [5.74, 6) is 0. The average Bonchev–Trinajstić information content (AvgIpc) is 2.03. The number of nitrogens with one attached hydrogen (secondary N) is 3. The van der Waals surface area contributed by atoms with Crippen LogP contribution in [0.1, 0.15) is 68.2 Å². The fraction of sp³-hybridized carbons (Fsp3) is 1.00. The largest absolute Gasteiger partial charge is 0.332 e. The summed E-state index contributed by atoms with van der Waals surface area (Å²) in [7, 11) is -1.49. The Bertz CT molecular complexity index is 341. The van der Waals surface area contributed by atoms with Gasteiger partial charge in [0, 0.05) is 28.7 Å². The Labute approximate surface area is 140 Å². The molecule has 0 radical (unpaired) electrons. The molecule has 2 atom stereocenters. The van der Waals surface area contributed by atoms with Crippen molar-refractivity contribution in [3.05, 3.63) is 0 Å². The Hall–Kier alpha value is 0.0969. The van der Waals surface area contributed by atoms with Gasteiger partial charge in [-0.3, -0.25) is 0 Å². The molecule has 1 heterocycles. The molecule has 0 saturated carbocycles. The Balaban J connectivity index is 3.04. The van der Waals surface area contributed by atoms with Crippen LogP contribution in [-0.4, -0.2) is 36.9 Å². The second-order valence-electron chi connectivity index (χ2n) is 10.3. The molecule has 1 rings (SSSR count). The first-order chi connectivity index (χ1) is 9.62. The van der Waals surface area contributed by atoms with Crippen molar-refractivity contribution in [2.24, 2.45) is 0 Å². The topological polar surface area (TPSA) is 36.1 Å². The quantitative estimate of drug-likeness (QED) is 0.591. The molecule has 1 fully saturated rings. The van der Waals surface area contributed by atoms with Gasteiger partial charge in [0.15, 0.2) is 0 Å². The predicted octanol–water partition coefficient (Wildman–Crippen LogP) is 3.87. The van der Waals surface area contributed by atoms with Crippen LogP contribution in [0, 0.1) is 0 Å². The van der Waals surface area contributed by atoms with Gasteiger partial charge in [-0.25, -0.2) is 0 Å². The molecular formula is C18H41N3Si. The highest BCUT2D eigenvalue weighted by atomic mass is 28.3. The van der Waals surface area contributed by atoms with Crippen LogP contribution < -0.4 is 15.6 Å².